The highest BCUT2D eigenvalue weighted by atomic mass is 79.9. The first-order chi connectivity index (χ1) is 9.49. The van der Waals surface area contributed by atoms with E-state index in [9.17, 15) is 14.7 Å². The number of rotatable bonds is 1. The summed E-state index contributed by atoms with van der Waals surface area (Å²) in [4.78, 5) is 25.7. The molecular weight excluding hydrogens is 322 g/mol. The first kappa shape index (κ1) is 12.9. The zero-order valence-corrected chi connectivity index (χ0v) is 12.1. The summed E-state index contributed by atoms with van der Waals surface area (Å²) in [6.07, 6.45) is 0. The van der Waals surface area contributed by atoms with Crippen molar-refractivity contribution in [3.05, 3.63) is 57.6 Å². The minimum absolute atomic E-state index is 0.0847. The fourth-order valence-electron chi connectivity index (χ4n) is 2.25. The molecule has 20 heavy (non-hydrogen) atoms. The molecule has 1 aliphatic rings. The number of carbonyl (C=O) groups is 2. The van der Waals surface area contributed by atoms with Gasteiger partial charge in [-0.1, -0.05) is 22.0 Å². The Hall–Kier alpha value is -2.14. The average molecular weight is 332 g/mol. The van der Waals surface area contributed by atoms with Gasteiger partial charge in [0, 0.05) is 4.47 Å². The molecule has 0 aromatic heterocycles. The zero-order valence-electron chi connectivity index (χ0n) is 10.6. The maximum Gasteiger partial charge on any atom is 0.266 e. The fraction of sp³-hybridized carbons (Fsp3) is 0.0667. The maximum absolute atomic E-state index is 12.4. The number of fused-ring (bicyclic) bond motifs is 1. The number of halogens is 1. The first-order valence-corrected chi connectivity index (χ1v) is 6.76. The minimum Gasteiger partial charge on any atom is -0.506 e. The van der Waals surface area contributed by atoms with Gasteiger partial charge in [-0.15, -0.1) is 0 Å². The zero-order chi connectivity index (χ0) is 14.4. The Morgan fingerprint density at radius 2 is 1.70 bits per heavy atom. The molecule has 0 atom stereocenters. The quantitative estimate of drug-likeness (QED) is 0.816. The van der Waals surface area contributed by atoms with Gasteiger partial charge in [0.25, 0.3) is 11.8 Å². The van der Waals surface area contributed by atoms with Crippen molar-refractivity contribution in [3.63, 3.8) is 0 Å². The van der Waals surface area contributed by atoms with Gasteiger partial charge < -0.3 is 5.11 Å². The van der Waals surface area contributed by atoms with Crippen molar-refractivity contribution in [1.29, 1.82) is 0 Å². The van der Waals surface area contributed by atoms with Crippen LogP contribution in [0.25, 0.3) is 0 Å². The van der Waals surface area contributed by atoms with Crippen molar-refractivity contribution >= 4 is 33.4 Å². The van der Waals surface area contributed by atoms with Gasteiger partial charge in [-0.3, -0.25) is 9.59 Å². The number of nitrogens with zero attached hydrogens (tertiary/aromatic N) is 1. The molecule has 100 valence electrons. The van der Waals surface area contributed by atoms with Crippen LogP contribution in [0.15, 0.2) is 40.9 Å². The van der Waals surface area contributed by atoms with Gasteiger partial charge >= 0.3 is 0 Å². The molecule has 2 aromatic rings. The molecule has 1 aliphatic heterocycles. The lowest BCUT2D eigenvalue weighted by atomic mass is 10.1. The van der Waals surface area contributed by atoms with Crippen molar-refractivity contribution in [2.24, 2.45) is 0 Å². The van der Waals surface area contributed by atoms with E-state index in [4.69, 9.17) is 0 Å². The Bertz CT molecular complexity index is 755. The Kier molecular flexibility index (Phi) is 2.87. The molecule has 2 amide bonds. The molecule has 1 heterocycles. The number of benzene rings is 2. The third-order valence-corrected chi connectivity index (χ3v) is 3.71. The largest absolute Gasteiger partial charge is 0.506 e. The molecule has 3 rings (SSSR count). The van der Waals surface area contributed by atoms with Crippen LogP contribution in [0.3, 0.4) is 0 Å². The molecule has 5 heteroatoms. The molecule has 0 aliphatic carbocycles. The molecule has 0 spiro atoms. The predicted octanol–water partition coefficient (Wildman–Crippen LogP) is 3.26. The molecule has 0 saturated heterocycles. The Balaban J connectivity index is 2.14. The minimum atomic E-state index is -0.426. The molecule has 0 bridgehead atoms. The van der Waals surface area contributed by atoms with Crippen molar-refractivity contribution in [1.82, 2.24) is 0 Å². The lowest BCUT2D eigenvalue weighted by Gasteiger charge is -2.15. The Morgan fingerprint density at radius 1 is 1.00 bits per heavy atom. The number of carbonyl (C=O) groups excluding carboxylic acids is 2. The molecule has 4 nitrogen and oxygen atoms in total. The third-order valence-electron chi connectivity index (χ3n) is 3.22. The van der Waals surface area contributed by atoms with Crippen LogP contribution in [0, 0.1) is 6.92 Å². The lowest BCUT2D eigenvalue weighted by molar-refractivity contribution is 0.0925. The summed E-state index contributed by atoms with van der Waals surface area (Å²) in [5, 5.41) is 9.97. The number of imide groups is 1. The van der Waals surface area contributed by atoms with Crippen LogP contribution in [0.2, 0.25) is 0 Å². The molecule has 0 radical (unpaired) electrons. The molecule has 1 N–H and O–H groups in total. The topological polar surface area (TPSA) is 57.6 Å². The monoisotopic (exact) mass is 331 g/mol. The van der Waals surface area contributed by atoms with E-state index in [0.29, 0.717) is 11.1 Å². The predicted molar refractivity (Wildman–Crippen MR) is 78.1 cm³/mol. The van der Waals surface area contributed by atoms with Gasteiger partial charge in [0.2, 0.25) is 0 Å². The van der Waals surface area contributed by atoms with Crippen LogP contribution in [0.5, 0.6) is 5.75 Å². The second kappa shape index (κ2) is 4.45. The Morgan fingerprint density at radius 3 is 2.40 bits per heavy atom. The SMILES string of the molecule is Cc1ccc(N2C(=O)c3ccc(Br)cc3C2=O)c(O)c1. The number of hydrogen-bond donors (Lipinski definition) is 1. The highest BCUT2D eigenvalue weighted by Gasteiger charge is 2.37. The van der Waals surface area contributed by atoms with Gasteiger partial charge in [0.15, 0.2) is 0 Å². The number of hydrogen-bond acceptors (Lipinski definition) is 3. The third kappa shape index (κ3) is 1.82. The van der Waals surface area contributed by atoms with Crippen LogP contribution >= 0.6 is 15.9 Å². The standard InChI is InChI=1S/C15H10BrNO3/c1-8-2-5-12(13(18)6-8)17-14(19)10-4-3-9(16)7-11(10)15(17)20/h2-7,18H,1H3. The van der Waals surface area contributed by atoms with Crippen LogP contribution < -0.4 is 4.90 Å². The van der Waals surface area contributed by atoms with E-state index in [2.05, 4.69) is 15.9 Å². The number of amides is 2. The van der Waals surface area contributed by atoms with Crippen molar-refractivity contribution in [3.8, 4) is 5.75 Å². The first-order valence-electron chi connectivity index (χ1n) is 5.97. The molecule has 2 aromatic carbocycles. The summed E-state index contributed by atoms with van der Waals surface area (Å²) in [6, 6.07) is 9.76. The van der Waals surface area contributed by atoms with E-state index in [-0.39, 0.29) is 11.4 Å². The average Bonchev–Trinajstić information content (AvgIpc) is 2.63. The number of anilines is 1. The number of aryl methyl sites for hydroxylation is 1. The van der Waals surface area contributed by atoms with Crippen molar-refractivity contribution < 1.29 is 14.7 Å². The summed E-state index contributed by atoms with van der Waals surface area (Å²) in [5.74, 6) is -0.930. The van der Waals surface area contributed by atoms with E-state index >= 15 is 0 Å². The van der Waals surface area contributed by atoms with E-state index in [1.165, 1.54) is 6.07 Å². The number of phenols is 1. The summed E-state index contributed by atoms with van der Waals surface area (Å²) < 4.78 is 0.729. The van der Waals surface area contributed by atoms with E-state index in [1.54, 1.807) is 30.3 Å². The normalized spacial score (nSPS) is 13.8. The second-order valence-corrected chi connectivity index (χ2v) is 5.54. The number of phenolic OH excluding ortho intramolecular Hbond substituents is 1. The van der Waals surface area contributed by atoms with Crippen LogP contribution in [-0.2, 0) is 0 Å². The summed E-state index contributed by atoms with van der Waals surface area (Å²) in [7, 11) is 0. The number of aromatic hydroxyl groups is 1. The summed E-state index contributed by atoms with van der Waals surface area (Å²) >= 11 is 3.28. The van der Waals surface area contributed by atoms with Crippen LogP contribution in [0.4, 0.5) is 5.69 Å². The van der Waals surface area contributed by atoms with Gasteiger partial charge in [0.05, 0.1) is 16.8 Å². The molecular formula is C15H10BrNO3. The maximum atomic E-state index is 12.4. The summed E-state index contributed by atoms with van der Waals surface area (Å²) in [5.41, 5.74) is 1.74. The van der Waals surface area contributed by atoms with Gasteiger partial charge in [-0.2, -0.15) is 0 Å². The lowest BCUT2D eigenvalue weighted by Crippen LogP contribution is -2.29. The molecule has 0 unspecified atom stereocenters. The molecule has 0 fully saturated rings. The van der Waals surface area contributed by atoms with Gasteiger partial charge in [-0.25, -0.2) is 4.90 Å². The van der Waals surface area contributed by atoms with Gasteiger partial charge in [0.1, 0.15) is 5.75 Å². The smallest absolute Gasteiger partial charge is 0.266 e. The highest BCUT2D eigenvalue weighted by Crippen LogP contribution is 2.35. The van der Waals surface area contributed by atoms with E-state index < -0.39 is 11.8 Å². The fourth-order valence-corrected chi connectivity index (χ4v) is 2.62. The van der Waals surface area contributed by atoms with Crippen molar-refractivity contribution in [2.75, 3.05) is 4.90 Å². The Labute approximate surface area is 123 Å². The second-order valence-electron chi connectivity index (χ2n) is 4.63. The van der Waals surface area contributed by atoms with Crippen LogP contribution in [0.1, 0.15) is 26.3 Å². The van der Waals surface area contributed by atoms with Crippen LogP contribution in [-0.4, -0.2) is 16.9 Å². The van der Waals surface area contributed by atoms with E-state index in [0.717, 1.165) is 14.9 Å². The molecule has 0 saturated carbocycles. The van der Waals surface area contributed by atoms with E-state index in [1.807, 2.05) is 6.92 Å². The highest BCUT2D eigenvalue weighted by molar-refractivity contribution is 9.10. The van der Waals surface area contributed by atoms with Gasteiger partial charge in [-0.05, 0) is 42.8 Å². The summed E-state index contributed by atoms with van der Waals surface area (Å²) in [6.45, 7) is 1.82. The van der Waals surface area contributed by atoms with Crippen molar-refractivity contribution in [2.45, 2.75) is 6.92 Å².